The second kappa shape index (κ2) is 7.12. The lowest BCUT2D eigenvalue weighted by Gasteiger charge is -2.21. The molecule has 0 unspecified atom stereocenters. The van der Waals surface area contributed by atoms with Gasteiger partial charge in [0.15, 0.2) is 0 Å². The number of aromatic hydroxyl groups is 1. The maximum atomic E-state index is 12.7. The van der Waals surface area contributed by atoms with E-state index in [-0.39, 0.29) is 22.7 Å². The van der Waals surface area contributed by atoms with Crippen LogP contribution in [0.3, 0.4) is 0 Å². The first-order chi connectivity index (χ1) is 11.7. The average Bonchev–Trinajstić information content (AvgIpc) is 2.52. The first-order valence-electron chi connectivity index (χ1n) is 7.61. The van der Waals surface area contributed by atoms with E-state index in [1.54, 1.807) is 51.1 Å². The third-order valence-electron chi connectivity index (χ3n) is 3.15. The molecule has 2 rings (SSSR count). The molecule has 130 valence electrons. The zero-order valence-electron chi connectivity index (χ0n) is 14.2. The Morgan fingerprint density at radius 2 is 1.80 bits per heavy atom. The van der Waals surface area contributed by atoms with Crippen LogP contribution in [0.15, 0.2) is 53.5 Å². The predicted molar refractivity (Wildman–Crippen MR) is 95.3 cm³/mol. The summed E-state index contributed by atoms with van der Waals surface area (Å²) >= 11 is 0. The van der Waals surface area contributed by atoms with Crippen LogP contribution in [0.5, 0.6) is 5.75 Å². The van der Waals surface area contributed by atoms with E-state index in [1.165, 1.54) is 12.1 Å². The Hall–Kier alpha value is -3.22. The number of carbonyl (C=O) groups excluding carboxylic acids is 1. The molecule has 0 atom stereocenters. The first kappa shape index (κ1) is 18.1. The number of non-ortho nitro benzene ring substituents is 1. The number of carbonyl (C=O) groups is 1. The number of nitro benzene ring substituents is 1. The summed E-state index contributed by atoms with van der Waals surface area (Å²) in [5, 5.41) is 23.9. The van der Waals surface area contributed by atoms with Crippen LogP contribution >= 0.6 is 0 Å². The molecular weight excluding hydrogens is 322 g/mol. The second-order valence-corrected chi connectivity index (χ2v) is 6.46. The number of nitrogens with one attached hydrogen (secondary N) is 1. The topological polar surface area (TPSA) is 105 Å². The normalized spacial score (nSPS) is 11.9. The van der Waals surface area contributed by atoms with Gasteiger partial charge in [-0.1, -0.05) is 18.2 Å². The molecule has 0 fully saturated rings. The molecule has 25 heavy (non-hydrogen) atoms. The Labute approximate surface area is 145 Å². The number of rotatable bonds is 4. The lowest BCUT2D eigenvalue weighted by atomic mass is 10.0. The van der Waals surface area contributed by atoms with Gasteiger partial charge in [-0.15, -0.1) is 0 Å². The van der Waals surface area contributed by atoms with Gasteiger partial charge in [0, 0.05) is 17.7 Å². The summed E-state index contributed by atoms with van der Waals surface area (Å²) in [6.07, 6.45) is 0. The molecule has 0 aliphatic rings. The third-order valence-corrected chi connectivity index (χ3v) is 3.15. The number of hydrogen-bond acceptors (Lipinski definition) is 5. The van der Waals surface area contributed by atoms with Gasteiger partial charge in [0.05, 0.1) is 16.2 Å². The number of phenols is 1. The molecule has 7 nitrogen and oxygen atoms in total. The molecule has 2 N–H and O–H groups in total. The van der Waals surface area contributed by atoms with Crippen LogP contribution in [0.1, 0.15) is 26.3 Å². The summed E-state index contributed by atoms with van der Waals surface area (Å²) in [5.74, 6) is -0.795. The van der Waals surface area contributed by atoms with Gasteiger partial charge in [-0.25, -0.2) is 4.99 Å². The van der Waals surface area contributed by atoms with Crippen molar-refractivity contribution in [2.75, 3.05) is 0 Å². The summed E-state index contributed by atoms with van der Waals surface area (Å²) in [6.45, 7) is 5.41. The highest BCUT2D eigenvalue weighted by Gasteiger charge is 2.24. The third kappa shape index (κ3) is 4.87. The van der Waals surface area contributed by atoms with Crippen LogP contribution in [0.2, 0.25) is 0 Å². The fourth-order valence-corrected chi connectivity index (χ4v) is 2.09. The minimum Gasteiger partial charge on any atom is -0.507 e. The minimum absolute atomic E-state index is 0.000182. The van der Waals surface area contributed by atoms with E-state index in [0.717, 1.165) is 6.07 Å². The summed E-state index contributed by atoms with van der Waals surface area (Å²) in [6, 6.07) is 12.2. The molecule has 7 heteroatoms. The summed E-state index contributed by atoms with van der Waals surface area (Å²) in [5.41, 5.74) is -0.378. The van der Waals surface area contributed by atoms with Crippen molar-refractivity contribution in [3.63, 3.8) is 0 Å². The second-order valence-electron chi connectivity index (χ2n) is 6.46. The Morgan fingerprint density at radius 3 is 2.36 bits per heavy atom. The van der Waals surface area contributed by atoms with Gasteiger partial charge >= 0.3 is 0 Å². The largest absolute Gasteiger partial charge is 0.507 e. The standard InChI is InChI=1S/C18H19N3O4/c1-18(2,3)20-17(23)16(19-12-7-5-4-6-8-12)14-11-13(21(24)25)9-10-15(14)22/h4-11,22H,1-3H3,(H,20,23). The van der Waals surface area contributed by atoms with Crippen molar-refractivity contribution in [1.29, 1.82) is 0 Å². The number of nitrogens with zero attached hydrogens (tertiary/aromatic N) is 2. The highest BCUT2D eigenvalue weighted by molar-refractivity contribution is 6.46. The Morgan fingerprint density at radius 1 is 1.16 bits per heavy atom. The van der Waals surface area contributed by atoms with Crippen molar-refractivity contribution >= 4 is 23.0 Å². The Kier molecular flexibility index (Phi) is 5.17. The molecule has 0 bridgehead atoms. The van der Waals surface area contributed by atoms with Crippen LogP contribution in [-0.2, 0) is 4.79 Å². The average molecular weight is 341 g/mol. The van der Waals surface area contributed by atoms with E-state index in [2.05, 4.69) is 10.3 Å². The zero-order valence-corrected chi connectivity index (χ0v) is 14.2. The molecule has 2 aromatic carbocycles. The number of phenolic OH excluding ortho intramolecular Hbond substituents is 1. The van der Waals surface area contributed by atoms with Gasteiger partial charge in [0.25, 0.3) is 11.6 Å². The van der Waals surface area contributed by atoms with Crippen LogP contribution < -0.4 is 5.32 Å². The van der Waals surface area contributed by atoms with Crippen LogP contribution in [0.25, 0.3) is 0 Å². The van der Waals surface area contributed by atoms with Gasteiger partial charge in [-0.2, -0.15) is 0 Å². The molecule has 0 spiro atoms. The minimum atomic E-state index is -0.593. The van der Waals surface area contributed by atoms with E-state index in [4.69, 9.17) is 0 Å². The molecule has 0 aliphatic heterocycles. The fourth-order valence-electron chi connectivity index (χ4n) is 2.09. The lowest BCUT2D eigenvalue weighted by Crippen LogP contribution is -2.44. The van der Waals surface area contributed by atoms with Gasteiger partial charge < -0.3 is 10.4 Å². The number of para-hydroxylation sites is 1. The molecule has 1 amide bonds. The molecular formula is C18H19N3O4. The zero-order chi connectivity index (χ0) is 18.6. The molecule has 2 aromatic rings. The van der Waals surface area contributed by atoms with Crippen molar-refractivity contribution in [2.24, 2.45) is 4.99 Å². The van der Waals surface area contributed by atoms with E-state index >= 15 is 0 Å². The quantitative estimate of drug-likeness (QED) is 0.505. The van der Waals surface area contributed by atoms with Crippen molar-refractivity contribution < 1.29 is 14.8 Å². The molecule has 0 aliphatic carbocycles. The maximum absolute atomic E-state index is 12.7. The number of nitro groups is 1. The monoisotopic (exact) mass is 341 g/mol. The Bertz CT molecular complexity index is 824. The SMILES string of the molecule is CC(C)(C)NC(=O)C(=Nc1ccccc1)c1cc([N+](=O)[O-])ccc1O. The first-order valence-corrected chi connectivity index (χ1v) is 7.61. The van der Waals surface area contributed by atoms with Gasteiger partial charge in [-0.05, 0) is 39.0 Å². The summed E-state index contributed by atoms with van der Waals surface area (Å²) in [7, 11) is 0. The lowest BCUT2D eigenvalue weighted by molar-refractivity contribution is -0.384. The highest BCUT2D eigenvalue weighted by Crippen LogP contribution is 2.25. The smallest absolute Gasteiger partial charge is 0.271 e. The number of benzene rings is 2. The van der Waals surface area contributed by atoms with E-state index in [1.807, 2.05) is 0 Å². The van der Waals surface area contributed by atoms with E-state index in [9.17, 15) is 20.0 Å². The number of amides is 1. The highest BCUT2D eigenvalue weighted by atomic mass is 16.6. The number of hydrogen-bond donors (Lipinski definition) is 2. The molecule has 0 heterocycles. The van der Waals surface area contributed by atoms with Gasteiger partial charge in [0.1, 0.15) is 11.5 Å². The summed E-state index contributed by atoms with van der Waals surface area (Å²) in [4.78, 5) is 27.4. The van der Waals surface area contributed by atoms with Crippen molar-refractivity contribution in [3.8, 4) is 5.75 Å². The molecule has 0 saturated heterocycles. The fraction of sp³-hybridized carbons (Fsp3) is 0.222. The molecule has 0 aromatic heterocycles. The van der Waals surface area contributed by atoms with Crippen LogP contribution in [-0.4, -0.2) is 27.2 Å². The predicted octanol–water partition coefficient (Wildman–Crippen LogP) is 3.34. The van der Waals surface area contributed by atoms with Crippen LogP contribution in [0, 0.1) is 10.1 Å². The van der Waals surface area contributed by atoms with E-state index < -0.39 is 16.4 Å². The molecule has 0 saturated carbocycles. The van der Waals surface area contributed by atoms with Crippen molar-refractivity contribution in [1.82, 2.24) is 5.32 Å². The number of aliphatic imine (C=N–C) groups is 1. The van der Waals surface area contributed by atoms with Crippen molar-refractivity contribution in [2.45, 2.75) is 26.3 Å². The van der Waals surface area contributed by atoms with Gasteiger partial charge in [0.2, 0.25) is 0 Å². The van der Waals surface area contributed by atoms with Gasteiger partial charge in [-0.3, -0.25) is 14.9 Å². The Balaban J connectivity index is 2.59. The van der Waals surface area contributed by atoms with E-state index in [0.29, 0.717) is 5.69 Å². The van der Waals surface area contributed by atoms with Crippen LogP contribution in [0.4, 0.5) is 11.4 Å². The molecule has 0 radical (unpaired) electrons. The summed E-state index contributed by atoms with van der Waals surface area (Å²) < 4.78 is 0. The maximum Gasteiger partial charge on any atom is 0.271 e. The van der Waals surface area contributed by atoms with Crippen molar-refractivity contribution in [3.05, 3.63) is 64.2 Å².